The van der Waals surface area contributed by atoms with Gasteiger partial charge >= 0.3 is 7.82 Å². The van der Waals surface area contributed by atoms with Crippen molar-refractivity contribution >= 4 is 7.82 Å². The van der Waals surface area contributed by atoms with Crippen LogP contribution < -0.4 is 0 Å². The zero-order valence-corrected chi connectivity index (χ0v) is 8.69. The third kappa shape index (κ3) is 3.20. The van der Waals surface area contributed by atoms with E-state index in [-0.39, 0.29) is 0 Å². The van der Waals surface area contributed by atoms with Crippen molar-refractivity contribution in [3.05, 3.63) is 0 Å². The van der Waals surface area contributed by atoms with E-state index in [0.717, 1.165) is 0 Å². The molecule has 1 heterocycles. The van der Waals surface area contributed by atoms with Crippen molar-refractivity contribution in [3.63, 3.8) is 0 Å². The van der Waals surface area contributed by atoms with E-state index >= 15 is 0 Å². The second-order valence-electron chi connectivity index (χ2n) is 3.28. The summed E-state index contributed by atoms with van der Waals surface area (Å²) in [5, 5.41) is 27.8. The first kappa shape index (κ1) is 13.0. The molecule has 1 aliphatic heterocycles. The Labute approximate surface area is 85.3 Å². The molecule has 0 aromatic carbocycles. The van der Waals surface area contributed by atoms with Gasteiger partial charge in [-0.15, -0.1) is 0 Å². The van der Waals surface area contributed by atoms with E-state index in [2.05, 4.69) is 4.52 Å². The Morgan fingerprint density at radius 3 is 2.13 bits per heavy atom. The van der Waals surface area contributed by atoms with Crippen LogP contribution in [0.1, 0.15) is 6.92 Å². The van der Waals surface area contributed by atoms with Gasteiger partial charge in [-0.1, -0.05) is 0 Å². The summed E-state index contributed by atoms with van der Waals surface area (Å²) in [6, 6.07) is 0. The fourth-order valence-electron chi connectivity index (χ4n) is 1.24. The van der Waals surface area contributed by atoms with Crippen LogP contribution in [0.2, 0.25) is 0 Å². The Morgan fingerprint density at radius 2 is 1.67 bits per heavy atom. The molecule has 1 aliphatic rings. The second-order valence-corrected chi connectivity index (χ2v) is 4.47. The number of hydrogen-bond donors (Lipinski definition) is 5. The minimum Gasteiger partial charge on any atom is -0.388 e. The lowest BCUT2D eigenvalue weighted by Gasteiger charge is -2.38. The van der Waals surface area contributed by atoms with Crippen molar-refractivity contribution in [3.8, 4) is 0 Å². The molecule has 15 heavy (non-hydrogen) atoms. The van der Waals surface area contributed by atoms with E-state index in [1.54, 1.807) is 0 Å². The molecule has 5 N–H and O–H groups in total. The molecule has 0 aromatic rings. The minimum absolute atomic E-state index is 0.903. The fourth-order valence-corrected chi connectivity index (χ4v) is 1.68. The zero-order chi connectivity index (χ0) is 11.8. The van der Waals surface area contributed by atoms with Crippen LogP contribution in [0.4, 0.5) is 0 Å². The highest BCUT2D eigenvalue weighted by Crippen LogP contribution is 2.40. The van der Waals surface area contributed by atoms with Crippen LogP contribution in [0.5, 0.6) is 0 Å². The summed E-state index contributed by atoms with van der Waals surface area (Å²) < 4.78 is 19.4. The molecular weight excluding hydrogens is 231 g/mol. The molecule has 5 atom stereocenters. The van der Waals surface area contributed by atoms with Crippen LogP contribution in [0, 0.1) is 0 Å². The standard InChI is InChI=1S/C6H13O8P/c1-2-3(7)4(8)5(9)6(13-2)14-15(10,11)12/h2-9H,1H3,(H2,10,11,12)/t2?,3-,4+,5?,6-/m0/s1. The predicted octanol–water partition coefficient (Wildman–Crippen LogP) is -2.08. The lowest BCUT2D eigenvalue weighted by Crippen LogP contribution is -2.57. The topological polar surface area (TPSA) is 137 Å². The molecule has 1 fully saturated rings. The number of ether oxygens (including phenoxy) is 1. The maximum atomic E-state index is 10.5. The zero-order valence-electron chi connectivity index (χ0n) is 7.79. The van der Waals surface area contributed by atoms with Gasteiger partial charge in [0.25, 0.3) is 0 Å². The normalized spacial score (nSPS) is 42.9. The Kier molecular flexibility index (Phi) is 3.85. The van der Waals surface area contributed by atoms with Gasteiger partial charge in [-0.3, -0.25) is 4.52 Å². The minimum atomic E-state index is -4.82. The van der Waals surface area contributed by atoms with Crippen LogP contribution in [-0.2, 0) is 13.8 Å². The first-order valence-corrected chi connectivity index (χ1v) is 5.69. The Bertz CT molecular complexity index is 264. The molecule has 0 radical (unpaired) electrons. The van der Waals surface area contributed by atoms with Crippen LogP contribution >= 0.6 is 7.82 Å². The summed E-state index contributed by atoms with van der Waals surface area (Å²) in [5.41, 5.74) is 0. The molecule has 1 saturated heterocycles. The van der Waals surface area contributed by atoms with Crippen molar-refractivity contribution in [2.24, 2.45) is 0 Å². The van der Waals surface area contributed by atoms with E-state index in [0.29, 0.717) is 0 Å². The summed E-state index contributed by atoms with van der Waals surface area (Å²) in [7, 11) is -4.82. The SMILES string of the molecule is CC1O[C@@H](OP(=O)(O)O)C(O)[C@H](O)[C@H]1O. The first-order valence-electron chi connectivity index (χ1n) is 4.16. The van der Waals surface area contributed by atoms with Gasteiger partial charge in [0, 0.05) is 0 Å². The summed E-state index contributed by atoms with van der Waals surface area (Å²) >= 11 is 0. The Morgan fingerprint density at radius 1 is 1.13 bits per heavy atom. The third-order valence-electron chi connectivity index (χ3n) is 2.05. The average molecular weight is 244 g/mol. The van der Waals surface area contributed by atoms with Crippen LogP contribution in [-0.4, -0.2) is 55.8 Å². The van der Waals surface area contributed by atoms with E-state index in [1.165, 1.54) is 6.92 Å². The fraction of sp³-hybridized carbons (Fsp3) is 1.00. The van der Waals surface area contributed by atoms with E-state index in [9.17, 15) is 19.9 Å². The maximum absolute atomic E-state index is 10.5. The van der Waals surface area contributed by atoms with Gasteiger partial charge in [-0.05, 0) is 6.92 Å². The van der Waals surface area contributed by atoms with Gasteiger partial charge in [0.2, 0.25) is 0 Å². The lowest BCUT2D eigenvalue weighted by atomic mass is 10.0. The Balaban J connectivity index is 2.71. The van der Waals surface area contributed by atoms with E-state index in [1.807, 2.05) is 0 Å². The van der Waals surface area contributed by atoms with Gasteiger partial charge in [0.1, 0.15) is 18.3 Å². The van der Waals surface area contributed by atoms with Crippen molar-refractivity contribution in [2.45, 2.75) is 37.6 Å². The Hall–Kier alpha value is -0.0500. The summed E-state index contributed by atoms with van der Waals surface area (Å²) in [6.07, 6.45) is -7.20. The quantitative estimate of drug-likeness (QED) is 0.349. The number of phosphoric ester groups is 1. The molecule has 0 aliphatic carbocycles. The number of phosphoric acid groups is 1. The van der Waals surface area contributed by atoms with Gasteiger partial charge in [0.15, 0.2) is 6.29 Å². The smallest absolute Gasteiger partial charge is 0.388 e. The summed E-state index contributed by atoms with van der Waals surface area (Å²) in [4.78, 5) is 17.0. The average Bonchev–Trinajstić information content (AvgIpc) is 2.08. The van der Waals surface area contributed by atoms with Gasteiger partial charge in [-0.2, -0.15) is 0 Å². The number of rotatable bonds is 2. The monoisotopic (exact) mass is 244 g/mol. The molecule has 8 nitrogen and oxygen atoms in total. The van der Waals surface area contributed by atoms with Gasteiger partial charge in [0.05, 0.1) is 6.10 Å². The molecule has 0 aromatic heterocycles. The summed E-state index contributed by atoms with van der Waals surface area (Å²) in [5.74, 6) is 0. The molecule has 0 saturated carbocycles. The molecule has 0 bridgehead atoms. The van der Waals surface area contributed by atoms with Crippen molar-refractivity contribution in [1.82, 2.24) is 0 Å². The van der Waals surface area contributed by atoms with Gasteiger partial charge in [-0.25, -0.2) is 4.57 Å². The molecule has 2 unspecified atom stereocenters. The van der Waals surface area contributed by atoms with Crippen LogP contribution in [0.25, 0.3) is 0 Å². The maximum Gasteiger partial charge on any atom is 0.472 e. The van der Waals surface area contributed by atoms with Crippen molar-refractivity contribution in [1.29, 1.82) is 0 Å². The van der Waals surface area contributed by atoms with Crippen LogP contribution in [0.3, 0.4) is 0 Å². The van der Waals surface area contributed by atoms with Gasteiger partial charge < -0.3 is 29.8 Å². The molecule has 0 spiro atoms. The predicted molar refractivity (Wildman–Crippen MR) is 45.5 cm³/mol. The van der Waals surface area contributed by atoms with Crippen LogP contribution in [0.15, 0.2) is 0 Å². The molecule has 1 rings (SSSR count). The highest BCUT2D eigenvalue weighted by molar-refractivity contribution is 7.46. The van der Waals surface area contributed by atoms with E-state index < -0.39 is 38.5 Å². The number of aliphatic hydroxyl groups is 3. The molecule has 0 amide bonds. The molecule has 90 valence electrons. The van der Waals surface area contributed by atoms with E-state index in [4.69, 9.17) is 14.5 Å². The third-order valence-corrected chi connectivity index (χ3v) is 2.53. The number of hydrogen-bond acceptors (Lipinski definition) is 6. The highest BCUT2D eigenvalue weighted by Gasteiger charge is 2.44. The first-order chi connectivity index (χ1) is 6.72. The van der Waals surface area contributed by atoms with Crippen molar-refractivity contribution in [2.75, 3.05) is 0 Å². The molecule has 9 heteroatoms. The van der Waals surface area contributed by atoms with Crippen molar-refractivity contribution < 1.29 is 38.9 Å². The second kappa shape index (κ2) is 4.44. The number of aliphatic hydroxyl groups excluding tert-OH is 3. The summed E-state index contributed by atoms with van der Waals surface area (Å²) in [6.45, 7) is 1.37. The highest BCUT2D eigenvalue weighted by atomic mass is 31.2. The lowest BCUT2D eigenvalue weighted by molar-refractivity contribution is -0.271. The molecular formula is C6H13O8P. The largest absolute Gasteiger partial charge is 0.472 e.